The smallest absolute Gasteiger partial charge is 0.0766 e. The van der Waals surface area contributed by atoms with Crippen LogP contribution in [0.5, 0.6) is 0 Å². The molecule has 0 saturated carbocycles. The first-order valence-electron chi connectivity index (χ1n) is 7.21. The van der Waals surface area contributed by atoms with Crippen molar-refractivity contribution in [3.05, 3.63) is 15.9 Å². The Morgan fingerprint density at radius 3 is 2.89 bits per heavy atom. The van der Waals surface area contributed by atoms with E-state index in [1.54, 1.807) is 0 Å². The van der Waals surface area contributed by atoms with Crippen molar-refractivity contribution in [1.29, 1.82) is 0 Å². The predicted molar refractivity (Wildman–Crippen MR) is 78.9 cm³/mol. The molecule has 1 N–H and O–H groups in total. The molecule has 1 aromatic heterocycles. The van der Waals surface area contributed by atoms with Crippen molar-refractivity contribution in [2.24, 2.45) is 5.92 Å². The Labute approximate surface area is 118 Å². The van der Waals surface area contributed by atoms with Gasteiger partial charge in [-0.25, -0.2) is 0 Å². The molecule has 1 saturated heterocycles. The molecule has 102 valence electrons. The summed E-state index contributed by atoms with van der Waals surface area (Å²) in [6.07, 6.45) is 6.12. The Morgan fingerprint density at radius 2 is 2.17 bits per heavy atom. The molecule has 4 heteroatoms. The van der Waals surface area contributed by atoms with Gasteiger partial charge in [0.1, 0.15) is 0 Å². The molecule has 1 aliphatic heterocycles. The van der Waals surface area contributed by atoms with Crippen LogP contribution >= 0.6 is 15.9 Å². The summed E-state index contributed by atoms with van der Waals surface area (Å²) in [6.45, 7) is 7.68. The van der Waals surface area contributed by atoms with Crippen molar-refractivity contribution in [2.75, 3.05) is 13.1 Å². The third-order valence-electron chi connectivity index (χ3n) is 3.87. The molecular formula is C14H24BrN3. The molecular weight excluding hydrogens is 290 g/mol. The molecule has 1 unspecified atom stereocenters. The van der Waals surface area contributed by atoms with Crippen LogP contribution in [-0.2, 0) is 19.4 Å². The molecule has 0 aromatic carbocycles. The summed E-state index contributed by atoms with van der Waals surface area (Å²) in [5.74, 6) is 0.808. The average Bonchev–Trinajstić information content (AvgIpc) is 2.58. The molecule has 0 aliphatic carbocycles. The van der Waals surface area contributed by atoms with Gasteiger partial charge in [-0.05, 0) is 74.0 Å². The standard InChI is InChI=1S/C14H24BrN3/c1-3-12-14(15)13(18(4-2)17-12)10-11-6-5-8-16-9-7-11/h11,16H,3-10H2,1-2H3. The normalized spacial score (nSPS) is 20.9. The number of aromatic nitrogens is 2. The van der Waals surface area contributed by atoms with Crippen LogP contribution in [0, 0.1) is 5.92 Å². The van der Waals surface area contributed by atoms with Gasteiger partial charge in [-0.1, -0.05) is 6.92 Å². The number of nitrogens with one attached hydrogen (secondary N) is 1. The van der Waals surface area contributed by atoms with E-state index < -0.39 is 0 Å². The second-order valence-corrected chi connectivity index (χ2v) is 5.92. The number of rotatable bonds is 4. The number of halogens is 1. The Balaban J connectivity index is 2.13. The lowest BCUT2D eigenvalue weighted by molar-refractivity contribution is 0.448. The van der Waals surface area contributed by atoms with Gasteiger partial charge in [0, 0.05) is 6.54 Å². The zero-order valence-electron chi connectivity index (χ0n) is 11.5. The monoisotopic (exact) mass is 313 g/mol. The minimum absolute atomic E-state index is 0.808. The Hall–Kier alpha value is -0.350. The molecule has 0 spiro atoms. The highest BCUT2D eigenvalue weighted by Crippen LogP contribution is 2.27. The third-order valence-corrected chi connectivity index (χ3v) is 4.79. The summed E-state index contributed by atoms with van der Waals surface area (Å²) >= 11 is 3.75. The fourth-order valence-electron chi connectivity index (χ4n) is 2.78. The van der Waals surface area contributed by atoms with Crippen LogP contribution in [0.2, 0.25) is 0 Å². The van der Waals surface area contributed by atoms with E-state index in [9.17, 15) is 0 Å². The topological polar surface area (TPSA) is 29.9 Å². The van der Waals surface area contributed by atoms with Crippen molar-refractivity contribution in [3.63, 3.8) is 0 Å². The second-order valence-electron chi connectivity index (χ2n) is 5.13. The van der Waals surface area contributed by atoms with E-state index in [2.05, 4.69) is 44.9 Å². The van der Waals surface area contributed by atoms with Gasteiger partial charge in [0.05, 0.1) is 15.9 Å². The van der Waals surface area contributed by atoms with E-state index in [-0.39, 0.29) is 0 Å². The Kier molecular flexibility index (Phi) is 5.25. The first-order chi connectivity index (χ1) is 8.76. The second kappa shape index (κ2) is 6.71. The van der Waals surface area contributed by atoms with Crippen molar-refractivity contribution >= 4 is 15.9 Å². The summed E-state index contributed by atoms with van der Waals surface area (Å²) < 4.78 is 3.44. The van der Waals surface area contributed by atoms with Gasteiger partial charge >= 0.3 is 0 Å². The van der Waals surface area contributed by atoms with Crippen LogP contribution in [0.4, 0.5) is 0 Å². The highest BCUT2D eigenvalue weighted by Gasteiger charge is 2.19. The summed E-state index contributed by atoms with van der Waals surface area (Å²) in [6, 6.07) is 0. The molecule has 0 amide bonds. The van der Waals surface area contributed by atoms with Gasteiger partial charge < -0.3 is 5.32 Å². The fraction of sp³-hybridized carbons (Fsp3) is 0.786. The van der Waals surface area contributed by atoms with Crippen molar-refractivity contribution < 1.29 is 0 Å². The average molecular weight is 314 g/mol. The lowest BCUT2D eigenvalue weighted by Gasteiger charge is -2.14. The maximum Gasteiger partial charge on any atom is 0.0766 e. The molecule has 0 radical (unpaired) electrons. The molecule has 0 bridgehead atoms. The first-order valence-corrected chi connectivity index (χ1v) is 8.00. The lowest BCUT2D eigenvalue weighted by Crippen LogP contribution is -2.15. The highest BCUT2D eigenvalue weighted by molar-refractivity contribution is 9.10. The third kappa shape index (κ3) is 3.15. The van der Waals surface area contributed by atoms with E-state index in [4.69, 9.17) is 0 Å². The SMILES string of the molecule is CCc1nn(CC)c(CC2CCCNCC2)c1Br. The predicted octanol–water partition coefficient (Wildman–Crippen LogP) is 3.16. The lowest BCUT2D eigenvalue weighted by atomic mass is 9.95. The van der Waals surface area contributed by atoms with Gasteiger partial charge in [0.2, 0.25) is 0 Å². The van der Waals surface area contributed by atoms with E-state index in [1.165, 1.54) is 54.6 Å². The Bertz CT molecular complexity index is 379. The maximum absolute atomic E-state index is 4.69. The summed E-state index contributed by atoms with van der Waals surface area (Å²) in [5, 5.41) is 8.18. The Morgan fingerprint density at radius 1 is 1.33 bits per heavy atom. The number of aryl methyl sites for hydroxylation is 2. The molecule has 1 atom stereocenters. The minimum atomic E-state index is 0.808. The van der Waals surface area contributed by atoms with E-state index >= 15 is 0 Å². The summed E-state index contributed by atoms with van der Waals surface area (Å²) in [5.41, 5.74) is 2.61. The van der Waals surface area contributed by atoms with Crippen molar-refractivity contribution in [1.82, 2.24) is 15.1 Å². The molecule has 1 aliphatic rings. The summed E-state index contributed by atoms with van der Waals surface area (Å²) in [4.78, 5) is 0. The van der Waals surface area contributed by atoms with Gasteiger partial charge in [-0.15, -0.1) is 0 Å². The largest absolute Gasteiger partial charge is 0.317 e. The van der Waals surface area contributed by atoms with Crippen molar-refractivity contribution in [2.45, 2.75) is 52.5 Å². The molecule has 1 fully saturated rings. The van der Waals surface area contributed by atoms with Gasteiger partial charge in [0.15, 0.2) is 0 Å². The van der Waals surface area contributed by atoms with E-state index in [1.807, 2.05) is 0 Å². The highest BCUT2D eigenvalue weighted by atomic mass is 79.9. The molecule has 3 nitrogen and oxygen atoms in total. The van der Waals surface area contributed by atoms with Gasteiger partial charge in [-0.3, -0.25) is 4.68 Å². The van der Waals surface area contributed by atoms with Crippen molar-refractivity contribution in [3.8, 4) is 0 Å². The molecule has 1 aromatic rings. The van der Waals surface area contributed by atoms with Crippen LogP contribution in [0.1, 0.15) is 44.5 Å². The number of nitrogens with zero attached hydrogens (tertiary/aromatic N) is 2. The zero-order chi connectivity index (χ0) is 13.0. The maximum atomic E-state index is 4.69. The van der Waals surface area contributed by atoms with Crippen LogP contribution in [0.25, 0.3) is 0 Å². The number of hydrogen-bond donors (Lipinski definition) is 1. The van der Waals surface area contributed by atoms with E-state index in [0.717, 1.165) is 18.9 Å². The van der Waals surface area contributed by atoms with Crippen LogP contribution < -0.4 is 5.32 Å². The van der Waals surface area contributed by atoms with Crippen LogP contribution in [0.3, 0.4) is 0 Å². The fourth-order valence-corrected chi connectivity index (χ4v) is 3.51. The number of hydrogen-bond acceptors (Lipinski definition) is 2. The van der Waals surface area contributed by atoms with Crippen LogP contribution in [0.15, 0.2) is 4.47 Å². The quantitative estimate of drug-likeness (QED) is 0.925. The molecule has 2 rings (SSSR count). The minimum Gasteiger partial charge on any atom is -0.317 e. The van der Waals surface area contributed by atoms with E-state index in [0.29, 0.717) is 0 Å². The molecule has 18 heavy (non-hydrogen) atoms. The first kappa shape index (κ1) is 14.1. The van der Waals surface area contributed by atoms with Gasteiger partial charge in [0.25, 0.3) is 0 Å². The van der Waals surface area contributed by atoms with Crippen LogP contribution in [-0.4, -0.2) is 22.9 Å². The molecule has 2 heterocycles. The zero-order valence-corrected chi connectivity index (χ0v) is 13.1. The van der Waals surface area contributed by atoms with Gasteiger partial charge in [-0.2, -0.15) is 5.10 Å². The summed E-state index contributed by atoms with van der Waals surface area (Å²) in [7, 11) is 0.